The number of aromatic nitrogens is 4. The number of benzene rings is 1. The van der Waals surface area contributed by atoms with Crippen LogP contribution in [-0.4, -0.2) is 54.6 Å². The number of fused-ring (bicyclic) bond motifs is 2. The van der Waals surface area contributed by atoms with E-state index in [0.29, 0.717) is 6.54 Å². The molecule has 9 nitrogen and oxygen atoms in total. The number of aryl methyl sites for hydroxylation is 1. The third-order valence-electron chi connectivity index (χ3n) is 6.43. The van der Waals surface area contributed by atoms with Crippen LogP contribution in [0, 0.1) is 6.92 Å². The van der Waals surface area contributed by atoms with Crippen molar-refractivity contribution in [3.05, 3.63) is 77.5 Å². The zero-order chi connectivity index (χ0) is 27.0. The van der Waals surface area contributed by atoms with Crippen molar-refractivity contribution in [1.82, 2.24) is 24.2 Å². The van der Waals surface area contributed by atoms with Gasteiger partial charge in [-0.3, -0.25) is 19.1 Å². The van der Waals surface area contributed by atoms with E-state index in [-0.39, 0.29) is 12.0 Å². The quantitative estimate of drug-likeness (QED) is 0.491. The van der Waals surface area contributed by atoms with E-state index in [1.165, 1.54) is 16.0 Å². The van der Waals surface area contributed by atoms with E-state index >= 15 is 0 Å². The summed E-state index contributed by atoms with van der Waals surface area (Å²) in [6.45, 7) is 5.18. The summed E-state index contributed by atoms with van der Waals surface area (Å²) in [4.78, 5) is 41.1. The highest BCUT2D eigenvalue weighted by molar-refractivity contribution is 7.09. The molecular formula is C23H23ClF3N5O4S. The number of carboxylic acids is 1. The Kier molecular flexibility index (Phi) is 7.58. The molecular weight excluding hydrogens is 535 g/mol. The molecule has 0 saturated carbocycles. The van der Waals surface area contributed by atoms with Gasteiger partial charge in [-0.05, 0) is 37.9 Å². The number of nitrogens with zero attached hydrogens (tertiary/aromatic N) is 5. The van der Waals surface area contributed by atoms with Crippen molar-refractivity contribution in [2.24, 2.45) is 0 Å². The monoisotopic (exact) mass is 557 g/mol. The maximum Gasteiger partial charge on any atom is 0.490 e. The molecule has 1 saturated heterocycles. The molecule has 1 fully saturated rings. The van der Waals surface area contributed by atoms with E-state index in [4.69, 9.17) is 26.6 Å². The predicted octanol–water partition coefficient (Wildman–Crippen LogP) is 3.05. The maximum atomic E-state index is 12.8. The van der Waals surface area contributed by atoms with E-state index in [1.54, 1.807) is 4.57 Å². The first kappa shape index (κ1) is 27.0. The Morgan fingerprint density at radius 1 is 1.16 bits per heavy atom. The lowest BCUT2D eigenvalue weighted by Gasteiger charge is -2.24. The van der Waals surface area contributed by atoms with Gasteiger partial charge in [-0.15, -0.1) is 11.3 Å². The fourth-order valence-electron chi connectivity index (χ4n) is 4.66. The normalized spacial score (nSPS) is 19.1. The van der Waals surface area contributed by atoms with Gasteiger partial charge in [0.2, 0.25) is 0 Å². The van der Waals surface area contributed by atoms with Gasteiger partial charge in [0.15, 0.2) is 0 Å². The van der Waals surface area contributed by atoms with Crippen molar-refractivity contribution in [2.75, 3.05) is 13.1 Å². The second-order valence-corrected chi connectivity index (χ2v) is 10.5. The first-order valence-corrected chi connectivity index (χ1v) is 12.5. The lowest BCUT2D eigenvalue weighted by molar-refractivity contribution is -0.192. The lowest BCUT2D eigenvalue weighted by Crippen LogP contribution is -2.45. The zero-order valence-electron chi connectivity index (χ0n) is 19.7. The Hall–Kier alpha value is -3.03. The molecule has 3 aromatic rings. The number of carboxylic acid groups (broad SMARTS) is 1. The number of alkyl halides is 3. The summed E-state index contributed by atoms with van der Waals surface area (Å²) in [7, 11) is 0. The first-order valence-electron chi connectivity index (χ1n) is 11.3. The van der Waals surface area contributed by atoms with Gasteiger partial charge in [0, 0.05) is 35.5 Å². The number of thiazole rings is 1. The number of halogens is 4. The van der Waals surface area contributed by atoms with Crippen LogP contribution in [0.3, 0.4) is 0 Å². The molecule has 4 heterocycles. The summed E-state index contributed by atoms with van der Waals surface area (Å²) >= 11 is 7.87. The van der Waals surface area contributed by atoms with Gasteiger partial charge in [-0.1, -0.05) is 29.8 Å². The summed E-state index contributed by atoms with van der Waals surface area (Å²) in [5.74, 6) is -2.02. The molecule has 1 unspecified atom stereocenters. The average molecular weight is 558 g/mol. The molecule has 1 spiro atoms. The number of rotatable bonds is 4. The fourth-order valence-corrected chi connectivity index (χ4v) is 5.46. The van der Waals surface area contributed by atoms with Crippen molar-refractivity contribution in [3.8, 4) is 0 Å². The van der Waals surface area contributed by atoms with Crippen molar-refractivity contribution in [2.45, 2.75) is 51.0 Å². The zero-order valence-corrected chi connectivity index (χ0v) is 21.2. The van der Waals surface area contributed by atoms with Gasteiger partial charge < -0.3 is 5.11 Å². The van der Waals surface area contributed by atoms with E-state index in [1.807, 2.05) is 36.6 Å². The Morgan fingerprint density at radius 3 is 2.46 bits per heavy atom. The minimum Gasteiger partial charge on any atom is -0.475 e. The van der Waals surface area contributed by atoms with Crippen LogP contribution in [0.4, 0.5) is 13.2 Å². The fraction of sp³-hybridized carbons (Fsp3) is 0.435. The second kappa shape index (κ2) is 10.4. The van der Waals surface area contributed by atoms with E-state index in [9.17, 15) is 22.8 Å². The van der Waals surface area contributed by atoms with Crippen molar-refractivity contribution >= 4 is 28.9 Å². The third-order valence-corrected chi connectivity index (χ3v) is 7.62. The predicted molar refractivity (Wildman–Crippen MR) is 130 cm³/mol. The van der Waals surface area contributed by atoms with Crippen LogP contribution in [0.2, 0.25) is 5.02 Å². The summed E-state index contributed by atoms with van der Waals surface area (Å²) in [6, 6.07) is 7.89. The molecule has 5 rings (SSSR count). The highest BCUT2D eigenvalue weighted by Gasteiger charge is 2.47. The summed E-state index contributed by atoms with van der Waals surface area (Å²) in [6.07, 6.45) is -3.34. The molecule has 0 radical (unpaired) electrons. The Morgan fingerprint density at radius 2 is 1.84 bits per heavy atom. The molecule has 1 atom stereocenters. The molecule has 198 valence electrons. The molecule has 2 aliphatic heterocycles. The minimum absolute atomic E-state index is 0.201. The second-order valence-electron chi connectivity index (χ2n) is 8.99. The highest BCUT2D eigenvalue weighted by atomic mass is 35.5. The van der Waals surface area contributed by atoms with Crippen molar-refractivity contribution in [3.63, 3.8) is 0 Å². The summed E-state index contributed by atoms with van der Waals surface area (Å²) in [5, 5.41) is 15.4. The summed E-state index contributed by atoms with van der Waals surface area (Å²) < 4.78 is 34.6. The topological polar surface area (TPSA) is 110 Å². The lowest BCUT2D eigenvalue weighted by atomic mass is 9.85. The van der Waals surface area contributed by atoms with Crippen LogP contribution in [-0.2, 0) is 29.8 Å². The molecule has 2 aromatic heterocycles. The number of likely N-dealkylation sites (tertiary alicyclic amines) is 1. The van der Waals surface area contributed by atoms with Crippen LogP contribution in [0.25, 0.3) is 0 Å². The molecule has 2 aliphatic rings. The molecule has 37 heavy (non-hydrogen) atoms. The Balaban J connectivity index is 0.000000405. The average Bonchev–Trinajstić information content (AvgIpc) is 3.53. The number of carbonyl (C=O) groups is 1. The largest absolute Gasteiger partial charge is 0.490 e. The van der Waals surface area contributed by atoms with Crippen molar-refractivity contribution < 1.29 is 23.1 Å². The van der Waals surface area contributed by atoms with E-state index in [0.717, 1.165) is 59.6 Å². The van der Waals surface area contributed by atoms with Gasteiger partial charge >= 0.3 is 23.3 Å². The van der Waals surface area contributed by atoms with Crippen LogP contribution in [0.1, 0.15) is 34.9 Å². The number of hydrogen-bond acceptors (Lipinski definition) is 7. The summed E-state index contributed by atoms with van der Waals surface area (Å²) in [5.41, 5.74) is 0.605. The number of aliphatic carboxylic acids is 1. The van der Waals surface area contributed by atoms with Gasteiger partial charge in [0.05, 0.1) is 17.2 Å². The van der Waals surface area contributed by atoms with Gasteiger partial charge in [-0.2, -0.15) is 18.3 Å². The molecule has 1 N–H and O–H groups in total. The standard InChI is InChI=1S/C21H22ClN5O2S.C2HF3O2/c1-14-23-16(12-30-14)11-27-19(29)18(28)26-9-7-21(20(26)24-27)6-8-25(13-21)10-15-4-2-3-5-17(15)22;3-2(4,5)1(6)7/h2-5,12H,6-11,13H2,1H3;(H,6,7). The highest BCUT2D eigenvalue weighted by Crippen LogP contribution is 2.41. The third kappa shape index (κ3) is 5.78. The van der Waals surface area contributed by atoms with E-state index in [2.05, 4.69) is 9.88 Å². The molecule has 14 heteroatoms. The van der Waals surface area contributed by atoms with Crippen LogP contribution in [0.5, 0.6) is 0 Å². The van der Waals surface area contributed by atoms with Crippen LogP contribution in [0.15, 0.2) is 39.2 Å². The van der Waals surface area contributed by atoms with Gasteiger partial charge in [0.1, 0.15) is 5.82 Å². The molecule has 1 aromatic carbocycles. The van der Waals surface area contributed by atoms with E-state index < -0.39 is 23.3 Å². The van der Waals surface area contributed by atoms with Crippen LogP contribution < -0.4 is 11.1 Å². The maximum absolute atomic E-state index is 12.8. The van der Waals surface area contributed by atoms with Crippen LogP contribution >= 0.6 is 22.9 Å². The smallest absolute Gasteiger partial charge is 0.475 e. The Bertz CT molecular complexity index is 1440. The molecule has 0 bridgehead atoms. The minimum atomic E-state index is -5.08. The molecule has 0 aliphatic carbocycles. The van der Waals surface area contributed by atoms with Gasteiger partial charge in [0.25, 0.3) is 0 Å². The number of hydrogen-bond donors (Lipinski definition) is 1. The molecule has 0 amide bonds. The Labute approximate surface area is 217 Å². The van der Waals surface area contributed by atoms with Gasteiger partial charge in [-0.25, -0.2) is 14.5 Å². The van der Waals surface area contributed by atoms with Crippen molar-refractivity contribution in [1.29, 1.82) is 0 Å². The first-order chi connectivity index (χ1) is 17.4. The SMILES string of the molecule is Cc1nc(Cn2nc3n(c(=O)c2=O)CCC32CCN(Cc3ccccc3Cl)C2)cs1.O=C(O)C(F)(F)F.